The SMILES string of the molecule is C=CC(O)C(=NC)[Si](C)(C)C.CCC(O)C(=NC)[Si](C)(C)C.CCN=C(C(C)O)[Si](C)(C)C.CCN=C(C(O)CC)[Si](C)(C)C.CCN=C(CO)[Si](C)(C)C.CC[Si](CC)(CC)C(O)C(=NC)[Si](C)(C)C.CN=C(C(C)O)[Si](C)(C)C.CN=C(C(O)[Si](C)(C)C)[Si](C)(C)C.CN=C(CO)[Si](C)(C)C.[Co].[Co].[Co].[Co].[Co].[Co].[Co].[Co].[Co]. The maximum Gasteiger partial charge on any atom is 0.105 e. The van der Waals surface area contributed by atoms with Gasteiger partial charge in [0.15, 0.2) is 0 Å². The van der Waals surface area contributed by atoms with Gasteiger partial charge >= 0.3 is 0 Å². The summed E-state index contributed by atoms with van der Waals surface area (Å²) in [4.78, 5) is 38.0. The van der Waals surface area contributed by atoms with Crippen LogP contribution in [0.3, 0.4) is 0 Å². The van der Waals surface area contributed by atoms with Crippen LogP contribution in [0.4, 0.5) is 0 Å². The first kappa shape index (κ1) is 159. The van der Waals surface area contributed by atoms with Gasteiger partial charge in [0.25, 0.3) is 0 Å². The molecule has 0 spiro atoms. The number of nitrogens with zero attached hydrogens (tertiary/aromatic N) is 9. The summed E-state index contributed by atoms with van der Waals surface area (Å²) in [5.41, 5.74) is -0.478. The number of aliphatic imine (C=N–C) groups is 9. The molecule has 0 aliphatic carbocycles. The Morgan fingerprint density at radius 1 is 0.295 bits per heavy atom. The maximum atomic E-state index is 10.7. The van der Waals surface area contributed by atoms with E-state index < -0.39 is 94.9 Å². The number of aliphatic hydroxyl groups excluding tert-OH is 9. The van der Waals surface area contributed by atoms with Crippen LogP contribution in [-0.4, -0.2) is 300 Å². The Labute approximate surface area is 796 Å². The summed E-state index contributed by atoms with van der Waals surface area (Å²) in [6.45, 7) is 92.5. The van der Waals surface area contributed by atoms with Crippen molar-refractivity contribution in [1.82, 2.24) is 0 Å². The molecule has 0 aromatic carbocycles. The van der Waals surface area contributed by atoms with E-state index in [4.69, 9.17) is 10.2 Å². The van der Waals surface area contributed by atoms with Crippen LogP contribution in [0.15, 0.2) is 57.6 Å². The molecule has 38 heteroatoms. The molecule has 0 aliphatic rings. The predicted octanol–water partition coefficient (Wildman–Crippen LogP) is 16.0. The minimum absolute atomic E-state index is 0. The second kappa shape index (κ2) is 77.9. The van der Waals surface area contributed by atoms with E-state index in [-0.39, 0.29) is 200 Å². The van der Waals surface area contributed by atoms with Crippen LogP contribution in [0.25, 0.3) is 0 Å². The van der Waals surface area contributed by atoms with Gasteiger partial charge in [0, 0.05) is 261 Å². The minimum atomic E-state index is -1.56. The van der Waals surface area contributed by atoms with Gasteiger partial charge in [-0.2, -0.15) is 0 Å². The number of hydrogen-bond acceptors (Lipinski definition) is 18. The molecule has 0 heterocycles. The molecular weight excluding hydrogens is 2000 g/mol. The number of rotatable bonds is 29. The molecule has 9 N–H and O–H groups in total. The summed E-state index contributed by atoms with van der Waals surface area (Å²) in [6, 6.07) is 3.47. The Hall–Kier alpha value is 3.35. The Morgan fingerprint density at radius 2 is 0.527 bits per heavy atom. The van der Waals surface area contributed by atoms with Crippen LogP contribution in [0.2, 0.25) is 215 Å². The Kier molecular flexibility index (Phi) is 111. The van der Waals surface area contributed by atoms with Crippen molar-refractivity contribution in [1.29, 1.82) is 0 Å². The van der Waals surface area contributed by atoms with Crippen molar-refractivity contribution >= 4 is 137 Å². The van der Waals surface area contributed by atoms with Gasteiger partial charge in [0.1, 0.15) is 6.10 Å². The predicted molar refractivity (Wildman–Crippen MR) is 503 cm³/mol. The molecule has 18 nitrogen and oxygen atoms in total. The molecule has 0 amide bonds. The molecule has 0 saturated carbocycles. The van der Waals surface area contributed by atoms with Crippen molar-refractivity contribution in [3.8, 4) is 0 Å². The van der Waals surface area contributed by atoms with Crippen LogP contribution in [0, 0.1) is 0 Å². The zero-order valence-corrected chi connectivity index (χ0v) is 99.8. The van der Waals surface area contributed by atoms with Gasteiger partial charge in [-0.3, -0.25) is 44.9 Å². The summed E-state index contributed by atoms with van der Waals surface area (Å²) in [5.74, 6) is 0. The van der Waals surface area contributed by atoms with Crippen molar-refractivity contribution in [2.45, 2.75) is 339 Å². The van der Waals surface area contributed by atoms with E-state index in [1.807, 2.05) is 41.7 Å². The normalized spacial score (nSPS) is 14.9. The van der Waals surface area contributed by atoms with E-state index in [1.54, 1.807) is 49.1 Å². The van der Waals surface area contributed by atoms with Gasteiger partial charge in [0.2, 0.25) is 0 Å². The van der Waals surface area contributed by atoms with Crippen molar-refractivity contribution < 1.29 is 197 Å². The molecule has 0 bridgehead atoms. The quantitative estimate of drug-likeness (QED) is 0.0195. The van der Waals surface area contributed by atoms with E-state index in [2.05, 4.69) is 269 Å². The topological polar surface area (TPSA) is 293 Å². The average Bonchev–Trinajstić information content (AvgIpc) is 0.824. The zero-order valence-electron chi connectivity index (χ0n) is 79.4. The van der Waals surface area contributed by atoms with Crippen LogP contribution in [-0.2, 0) is 151 Å². The van der Waals surface area contributed by atoms with E-state index in [0.717, 1.165) is 98.6 Å². The zero-order chi connectivity index (χ0) is 84.9. The smallest absolute Gasteiger partial charge is 0.105 e. The first-order valence-electron chi connectivity index (χ1n) is 38.1. The van der Waals surface area contributed by atoms with Crippen molar-refractivity contribution in [3.05, 3.63) is 12.7 Å². The van der Waals surface area contributed by atoms with Crippen molar-refractivity contribution in [3.63, 3.8) is 0 Å². The Bertz CT molecular complexity index is 2550. The summed E-state index contributed by atoms with van der Waals surface area (Å²) >= 11 is 0. The Balaban J connectivity index is -0.0000000551. The van der Waals surface area contributed by atoms with Crippen LogP contribution >= 0.6 is 0 Å². The van der Waals surface area contributed by atoms with E-state index in [0.29, 0.717) is 0 Å². The van der Waals surface area contributed by atoms with Gasteiger partial charge < -0.3 is 46.0 Å². The first-order chi connectivity index (χ1) is 46.0. The summed E-state index contributed by atoms with van der Waals surface area (Å²) < 4.78 is 0. The molecule has 0 aliphatic heterocycles. The van der Waals surface area contributed by atoms with E-state index >= 15 is 0 Å². The first-order valence-corrected chi connectivity index (χ1v) is 75.8. The third-order valence-corrected chi connectivity index (χ3v) is 43.5. The molecule has 0 fully saturated rings. The molecule has 0 aromatic heterocycles. The third kappa shape index (κ3) is 75.8. The van der Waals surface area contributed by atoms with Gasteiger partial charge in [-0.25, -0.2) is 0 Å². The molecule has 7 unspecified atom stereocenters. The number of aliphatic hydroxyl groups is 9. The molecule has 7 atom stereocenters. The van der Waals surface area contributed by atoms with Crippen LogP contribution < -0.4 is 0 Å². The summed E-state index contributed by atoms with van der Waals surface area (Å²) in [7, 11) is -4.84. The molecule has 0 aromatic rings. The molecule has 0 rings (SSSR count). The van der Waals surface area contributed by atoms with E-state index in [1.165, 1.54) is 6.08 Å². The standard InChI is InChI=1S/C12H29NOSi2.C9H23NOSi2.C9H21NOSi.C8H19NOSi.C8H17NOSi.C8H19NOSi.2C7H17NOSi.C6H15NOSi.9Co/c1-8-16(9-2,10-3)12(14)11(13-4)15(5,6)7;1-10-8(12(2,3)4)9(11)13(5,6)7;1-6-8(11)9(10-7-2)12(3,4)5;2*1-6-7(10)8(9-2)11(3,4)5;1-6-9-8(7(2)10)11(3,4)5;1-6(9)7(8-2)10(3,4)5;1-5-8-7(6-9)10(2,3)4;1-7-6(5-8)9(2,3)4;;;;;;;;;/h12,14H,8-10H2,1-7H3;9,11H,1-7H3;8,11H,6-7H2,1-5H3;7,10H,6H2,1-5H3;6-7,10H,1H2,2-5H3;7,10H,6H2,1-5H3;6,9H,1-5H3;9H,5-6H2,1-4H3;8H,5H2,1-4H3;;;;;;;;;. The monoisotopic (exact) mass is 2170 g/mol. The number of hydrogen-bond donors (Lipinski definition) is 9. The molecule has 0 saturated heterocycles. The second-order valence-electron chi connectivity index (χ2n) is 36.4. The fourth-order valence-corrected chi connectivity index (χ4v) is 34.4. The van der Waals surface area contributed by atoms with Crippen LogP contribution in [0.5, 0.6) is 0 Å². The Morgan fingerprint density at radius 3 is 0.625 bits per heavy atom. The fraction of sp³-hybridized carbons (Fsp3) is 0.851. The maximum absolute atomic E-state index is 10.7. The molecule has 112 heavy (non-hydrogen) atoms. The van der Waals surface area contributed by atoms with Gasteiger partial charge in [-0.05, 0) is 47.5 Å². The minimum Gasteiger partial charge on any atom is -0.391 e. The average molecular weight is 2180 g/mol. The summed E-state index contributed by atoms with van der Waals surface area (Å²) in [6.07, 6.45) is 1.19. The van der Waals surface area contributed by atoms with Crippen molar-refractivity contribution in [2.75, 3.05) is 75.1 Å². The fourth-order valence-electron chi connectivity index (χ4n) is 10.8. The molecule has 697 valence electrons. The summed E-state index contributed by atoms with van der Waals surface area (Å²) in [5, 5.41) is 95.1. The molecular formula is C74H177Co9N9O9Si11. The third-order valence-electron chi connectivity index (χ3n) is 16.6. The molecule has 9 radical (unpaired) electrons. The van der Waals surface area contributed by atoms with Crippen LogP contribution in [0.1, 0.15) is 82.1 Å². The van der Waals surface area contributed by atoms with Gasteiger partial charge in [-0.1, -0.05) is 255 Å². The van der Waals surface area contributed by atoms with Gasteiger partial charge in [0.05, 0.1) is 138 Å². The van der Waals surface area contributed by atoms with E-state index in [9.17, 15) is 35.7 Å². The van der Waals surface area contributed by atoms with Gasteiger partial charge in [-0.15, -0.1) is 6.58 Å². The second-order valence-corrected chi connectivity index (χ2v) is 92.3. The largest absolute Gasteiger partial charge is 0.391 e. The van der Waals surface area contributed by atoms with Crippen molar-refractivity contribution in [2.24, 2.45) is 44.9 Å².